The molecule has 0 spiro atoms. The zero-order valence-electron chi connectivity index (χ0n) is 14.2. The molecule has 0 fully saturated rings. The highest BCUT2D eigenvalue weighted by Crippen LogP contribution is 2.41. The minimum Gasteiger partial charge on any atom is -0.493 e. The van der Waals surface area contributed by atoms with Gasteiger partial charge in [-0.2, -0.15) is 0 Å². The molecule has 0 bridgehead atoms. The summed E-state index contributed by atoms with van der Waals surface area (Å²) in [4.78, 5) is 10.8. The number of rotatable bonds is 6. The van der Waals surface area contributed by atoms with Crippen molar-refractivity contribution in [2.45, 2.75) is 0 Å². The van der Waals surface area contributed by atoms with E-state index in [1.54, 1.807) is 33.5 Å². The van der Waals surface area contributed by atoms with Crippen LogP contribution in [-0.4, -0.2) is 27.6 Å². The van der Waals surface area contributed by atoms with Crippen LogP contribution in [0.1, 0.15) is 10.6 Å². The molecule has 3 aromatic rings. The van der Waals surface area contributed by atoms with E-state index in [0.29, 0.717) is 35.1 Å². The van der Waals surface area contributed by atoms with Crippen LogP contribution >= 0.6 is 0 Å². The van der Waals surface area contributed by atoms with Gasteiger partial charge in [0.25, 0.3) is 0 Å². The number of methoxy groups -OCH3 is 3. The molecule has 5 heteroatoms. The van der Waals surface area contributed by atoms with Crippen LogP contribution in [0.3, 0.4) is 0 Å². The molecule has 1 heterocycles. The maximum atomic E-state index is 10.8. The van der Waals surface area contributed by atoms with E-state index in [1.165, 1.54) is 0 Å². The first-order valence-corrected chi connectivity index (χ1v) is 7.66. The van der Waals surface area contributed by atoms with E-state index in [4.69, 9.17) is 18.6 Å². The number of carbonyl (C=O) groups excluding carboxylic acids is 1. The van der Waals surface area contributed by atoms with Crippen LogP contribution in [0.25, 0.3) is 22.5 Å². The molecule has 0 saturated heterocycles. The molecular weight excluding hydrogens is 320 g/mol. The van der Waals surface area contributed by atoms with Crippen LogP contribution in [0.15, 0.2) is 52.9 Å². The average Bonchev–Trinajstić information content (AvgIpc) is 3.16. The molecule has 0 N–H and O–H groups in total. The fourth-order valence-corrected chi connectivity index (χ4v) is 2.67. The van der Waals surface area contributed by atoms with Gasteiger partial charge in [-0.15, -0.1) is 0 Å². The van der Waals surface area contributed by atoms with Crippen molar-refractivity contribution in [3.63, 3.8) is 0 Å². The lowest BCUT2D eigenvalue weighted by atomic mass is 10.0. The first kappa shape index (κ1) is 16.6. The summed E-state index contributed by atoms with van der Waals surface area (Å²) in [6, 6.07) is 15.0. The van der Waals surface area contributed by atoms with Crippen molar-refractivity contribution < 1.29 is 23.4 Å². The maximum absolute atomic E-state index is 10.8. The normalized spacial score (nSPS) is 10.4. The molecule has 3 rings (SSSR count). The Morgan fingerprint density at radius 3 is 2.04 bits per heavy atom. The zero-order valence-corrected chi connectivity index (χ0v) is 14.2. The molecule has 5 nitrogen and oxygen atoms in total. The van der Waals surface area contributed by atoms with Gasteiger partial charge in [-0.3, -0.25) is 4.79 Å². The average molecular weight is 338 g/mol. The molecule has 0 aliphatic carbocycles. The fraction of sp³-hybridized carbons (Fsp3) is 0.150. The summed E-state index contributed by atoms with van der Waals surface area (Å²) in [5.74, 6) is 2.66. The monoisotopic (exact) mass is 338 g/mol. The highest BCUT2D eigenvalue weighted by molar-refractivity contribution is 5.76. The fourth-order valence-electron chi connectivity index (χ4n) is 2.67. The Hall–Kier alpha value is -3.21. The standard InChI is InChI=1S/C20H18O5/c1-22-18-10-15(11-19(23-2)20(18)24-3)13-5-4-6-14(9-13)17-8-7-16(12-21)25-17/h4-12H,1-3H3. The predicted molar refractivity (Wildman–Crippen MR) is 94.6 cm³/mol. The predicted octanol–water partition coefficient (Wildman–Crippen LogP) is 4.45. The summed E-state index contributed by atoms with van der Waals surface area (Å²) in [6.07, 6.45) is 0.687. The number of furan rings is 1. The molecule has 0 saturated carbocycles. The van der Waals surface area contributed by atoms with Crippen LogP contribution in [0.2, 0.25) is 0 Å². The third kappa shape index (κ3) is 3.21. The molecule has 0 unspecified atom stereocenters. The van der Waals surface area contributed by atoms with E-state index < -0.39 is 0 Å². The number of aldehydes is 1. The van der Waals surface area contributed by atoms with E-state index in [9.17, 15) is 4.79 Å². The molecule has 0 radical (unpaired) electrons. The van der Waals surface area contributed by atoms with E-state index in [2.05, 4.69) is 0 Å². The largest absolute Gasteiger partial charge is 0.493 e. The topological polar surface area (TPSA) is 57.9 Å². The third-order valence-corrected chi connectivity index (χ3v) is 3.89. The molecule has 2 aromatic carbocycles. The molecule has 25 heavy (non-hydrogen) atoms. The molecule has 1 aromatic heterocycles. The van der Waals surface area contributed by atoms with Crippen LogP contribution in [0.4, 0.5) is 0 Å². The first-order chi connectivity index (χ1) is 12.2. The van der Waals surface area contributed by atoms with Gasteiger partial charge in [0.15, 0.2) is 23.5 Å². The number of hydrogen-bond acceptors (Lipinski definition) is 5. The number of benzene rings is 2. The van der Waals surface area contributed by atoms with Gasteiger partial charge in [0.2, 0.25) is 5.75 Å². The van der Waals surface area contributed by atoms with Crippen LogP contribution in [-0.2, 0) is 0 Å². The van der Waals surface area contributed by atoms with Crippen molar-refractivity contribution in [3.8, 4) is 39.7 Å². The number of hydrogen-bond donors (Lipinski definition) is 0. The van der Waals surface area contributed by atoms with Gasteiger partial charge >= 0.3 is 0 Å². The lowest BCUT2D eigenvalue weighted by Crippen LogP contribution is -1.95. The Bertz CT molecular complexity index is 870. The Morgan fingerprint density at radius 1 is 0.800 bits per heavy atom. The molecule has 0 amide bonds. The van der Waals surface area contributed by atoms with Gasteiger partial charge in [0.1, 0.15) is 5.76 Å². The SMILES string of the molecule is COc1cc(-c2cccc(-c3ccc(C=O)o3)c2)cc(OC)c1OC. The van der Waals surface area contributed by atoms with Gasteiger partial charge in [-0.25, -0.2) is 0 Å². The van der Waals surface area contributed by atoms with Crippen molar-refractivity contribution in [2.75, 3.05) is 21.3 Å². The molecule has 0 aliphatic rings. The molecule has 0 aliphatic heterocycles. The second kappa shape index (κ2) is 7.13. The molecular formula is C20H18O5. The van der Waals surface area contributed by atoms with Crippen molar-refractivity contribution >= 4 is 6.29 Å². The molecule has 0 atom stereocenters. The van der Waals surface area contributed by atoms with Gasteiger partial charge < -0.3 is 18.6 Å². The van der Waals surface area contributed by atoms with Crippen LogP contribution in [0, 0.1) is 0 Å². The Labute approximate surface area is 145 Å². The second-order valence-electron chi connectivity index (χ2n) is 5.31. The minimum atomic E-state index is 0.299. The Kier molecular flexibility index (Phi) is 4.75. The van der Waals surface area contributed by atoms with Crippen molar-refractivity contribution in [1.82, 2.24) is 0 Å². The first-order valence-electron chi connectivity index (χ1n) is 7.66. The number of carbonyl (C=O) groups is 1. The zero-order chi connectivity index (χ0) is 17.8. The Morgan fingerprint density at radius 2 is 1.48 bits per heavy atom. The Balaban J connectivity index is 2.07. The van der Waals surface area contributed by atoms with E-state index >= 15 is 0 Å². The second-order valence-corrected chi connectivity index (χ2v) is 5.31. The summed E-state index contributed by atoms with van der Waals surface area (Å²) < 4.78 is 21.7. The van der Waals surface area contributed by atoms with E-state index in [-0.39, 0.29) is 0 Å². The highest BCUT2D eigenvalue weighted by atomic mass is 16.5. The van der Waals surface area contributed by atoms with Crippen molar-refractivity contribution in [2.24, 2.45) is 0 Å². The van der Waals surface area contributed by atoms with Gasteiger partial charge in [-0.05, 0) is 41.5 Å². The third-order valence-electron chi connectivity index (χ3n) is 3.89. The lowest BCUT2D eigenvalue weighted by molar-refractivity contribution is 0.110. The lowest BCUT2D eigenvalue weighted by Gasteiger charge is -2.14. The summed E-state index contributed by atoms with van der Waals surface area (Å²) in [7, 11) is 4.74. The quantitative estimate of drug-likeness (QED) is 0.621. The van der Waals surface area contributed by atoms with Gasteiger partial charge in [0, 0.05) is 5.56 Å². The minimum absolute atomic E-state index is 0.299. The van der Waals surface area contributed by atoms with E-state index in [0.717, 1.165) is 16.7 Å². The summed E-state index contributed by atoms with van der Waals surface area (Å²) >= 11 is 0. The summed E-state index contributed by atoms with van der Waals surface area (Å²) in [6.45, 7) is 0. The van der Waals surface area contributed by atoms with E-state index in [1.807, 2.05) is 36.4 Å². The highest BCUT2D eigenvalue weighted by Gasteiger charge is 2.14. The summed E-state index contributed by atoms with van der Waals surface area (Å²) in [5.41, 5.74) is 2.75. The maximum Gasteiger partial charge on any atom is 0.203 e. The van der Waals surface area contributed by atoms with Crippen LogP contribution in [0.5, 0.6) is 17.2 Å². The molecule has 128 valence electrons. The van der Waals surface area contributed by atoms with Gasteiger partial charge in [0.05, 0.1) is 21.3 Å². The van der Waals surface area contributed by atoms with Crippen LogP contribution < -0.4 is 14.2 Å². The summed E-state index contributed by atoms with van der Waals surface area (Å²) in [5, 5.41) is 0. The number of ether oxygens (including phenoxy) is 3. The van der Waals surface area contributed by atoms with Gasteiger partial charge in [-0.1, -0.05) is 18.2 Å². The smallest absolute Gasteiger partial charge is 0.203 e. The van der Waals surface area contributed by atoms with Crippen molar-refractivity contribution in [3.05, 3.63) is 54.3 Å². The van der Waals surface area contributed by atoms with Crippen molar-refractivity contribution in [1.29, 1.82) is 0 Å².